The minimum atomic E-state index is -0.768. The molecule has 0 aliphatic carbocycles. The fourth-order valence-corrected chi connectivity index (χ4v) is 1.22. The van der Waals surface area contributed by atoms with Crippen LogP contribution in [0.4, 0.5) is 4.79 Å². The van der Waals surface area contributed by atoms with Crippen LogP contribution in [0.2, 0.25) is 0 Å². The summed E-state index contributed by atoms with van der Waals surface area (Å²) < 4.78 is 9.72. The van der Waals surface area contributed by atoms with Gasteiger partial charge in [-0.3, -0.25) is 4.79 Å². The molecular weight excluding hydrogens is 210 g/mol. The first-order chi connectivity index (χ1) is 7.26. The number of alkyl carbamates (subject to hydrolysis) is 1. The summed E-state index contributed by atoms with van der Waals surface area (Å²) >= 11 is 0. The third-order valence-corrected chi connectivity index (χ3v) is 2.52. The zero-order valence-electron chi connectivity index (χ0n) is 10.8. The number of ketones is 1. The Hall–Kier alpha value is -1.10. The minimum absolute atomic E-state index is 0.0859. The Labute approximate surface area is 96.5 Å². The molecule has 94 valence electrons. The number of hydrogen-bond acceptors (Lipinski definition) is 4. The standard InChI is InChI=1S/C11H21NO4/c1-7(2)8(13)9(11(3,4)16-6)12-10(14)15-5/h7,9H,1-6H3,(H,12,14). The summed E-state index contributed by atoms with van der Waals surface area (Å²) in [4.78, 5) is 23.1. The molecule has 1 N–H and O–H groups in total. The Morgan fingerprint density at radius 3 is 2.00 bits per heavy atom. The molecule has 0 aromatic carbocycles. The largest absolute Gasteiger partial charge is 0.453 e. The zero-order valence-corrected chi connectivity index (χ0v) is 10.8. The van der Waals surface area contributed by atoms with Crippen molar-refractivity contribution in [1.82, 2.24) is 5.32 Å². The predicted molar refractivity (Wildman–Crippen MR) is 60.3 cm³/mol. The van der Waals surface area contributed by atoms with E-state index in [1.165, 1.54) is 14.2 Å². The van der Waals surface area contributed by atoms with Gasteiger partial charge in [0.2, 0.25) is 0 Å². The highest BCUT2D eigenvalue weighted by atomic mass is 16.5. The maximum atomic E-state index is 11.9. The van der Waals surface area contributed by atoms with Gasteiger partial charge in [0.25, 0.3) is 0 Å². The maximum absolute atomic E-state index is 11.9. The van der Waals surface area contributed by atoms with E-state index < -0.39 is 17.7 Å². The topological polar surface area (TPSA) is 64.6 Å². The third-order valence-electron chi connectivity index (χ3n) is 2.52. The van der Waals surface area contributed by atoms with E-state index in [2.05, 4.69) is 10.1 Å². The first-order valence-corrected chi connectivity index (χ1v) is 5.19. The SMILES string of the molecule is COC(=O)NC(C(=O)C(C)C)C(C)(C)OC. The second kappa shape index (κ2) is 5.84. The lowest BCUT2D eigenvalue weighted by molar-refractivity contribution is -0.131. The van der Waals surface area contributed by atoms with Crippen LogP contribution in [-0.2, 0) is 14.3 Å². The fourth-order valence-electron chi connectivity index (χ4n) is 1.22. The van der Waals surface area contributed by atoms with Crippen LogP contribution in [0.3, 0.4) is 0 Å². The lowest BCUT2D eigenvalue weighted by Crippen LogP contribution is -2.56. The Kier molecular flexibility index (Phi) is 5.44. The molecule has 0 aliphatic heterocycles. The molecule has 0 radical (unpaired) electrons. The lowest BCUT2D eigenvalue weighted by atomic mass is 9.89. The van der Waals surface area contributed by atoms with Crippen molar-refractivity contribution in [2.24, 2.45) is 5.92 Å². The smallest absolute Gasteiger partial charge is 0.407 e. The van der Waals surface area contributed by atoms with Crippen molar-refractivity contribution in [2.75, 3.05) is 14.2 Å². The van der Waals surface area contributed by atoms with E-state index in [1.807, 2.05) is 0 Å². The lowest BCUT2D eigenvalue weighted by Gasteiger charge is -2.33. The molecule has 1 unspecified atom stereocenters. The van der Waals surface area contributed by atoms with Gasteiger partial charge in [-0.25, -0.2) is 4.79 Å². The molecule has 5 nitrogen and oxygen atoms in total. The van der Waals surface area contributed by atoms with Crippen molar-refractivity contribution in [2.45, 2.75) is 39.3 Å². The van der Waals surface area contributed by atoms with Crippen LogP contribution >= 0.6 is 0 Å². The van der Waals surface area contributed by atoms with Crippen LogP contribution in [0.25, 0.3) is 0 Å². The molecule has 0 aromatic heterocycles. The predicted octanol–water partition coefficient (Wildman–Crippen LogP) is 1.36. The van der Waals surface area contributed by atoms with E-state index in [-0.39, 0.29) is 11.7 Å². The van der Waals surface area contributed by atoms with E-state index in [1.54, 1.807) is 27.7 Å². The molecule has 1 atom stereocenters. The van der Waals surface area contributed by atoms with Crippen LogP contribution in [-0.4, -0.2) is 37.7 Å². The second-order valence-electron chi connectivity index (χ2n) is 4.43. The molecular formula is C11H21NO4. The quantitative estimate of drug-likeness (QED) is 0.776. The molecule has 0 heterocycles. The number of Topliss-reactive ketones (excluding diaryl/α,β-unsaturated/α-hetero) is 1. The van der Waals surface area contributed by atoms with Crippen molar-refractivity contribution in [3.05, 3.63) is 0 Å². The van der Waals surface area contributed by atoms with E-state index in [9.17, 15) is 9.59 Å². The number of rotatable bonds is 5. The van der Waals surface area contributed by atoms with Crippen LogP contribution in [0.1, 0.15) is 27.7 Å². The van der Waals surface area contributed by atoms with Crippen molar-refractivity contribution in [1.29, 1.82) is 0 Å². The van der Waals surface area contributed by atoms with Gasteiger partial charge >= 0.3 is 6.09 Å². The van der Waals surface area contributed by atoms with Crippen molar-refractivity contribution >= 4 is 11.9 Å². The monoisotopic (exact) mass is 231 g/mol. The Morgan fingerprint density at radius 1 is 1.19 bits per heavy atom. The Balaban J connectivity index is 4.91. The number of carbonyl (C=O) groups is 2. The molecule has 0 rings (SSSR count). The molecule has 16 heavy (non-hydrogen) atoms. The first-order valence-electron chi connectivity index (χ1n) is 5.19. The van der Waals surface area contributed by atoms with Gasteiger partial charge in [0.15, 0.2) is 5.78 Å². The number of methoxy groups -OCH3 is 2. The average molecular weight is 231 g/mol. The van der Waals surface area contributed by atoms with Gasteiger partial charge in [-0.2, -0.15) is 0 Å². The molecule has 0 fully saturated rings. The summed E-state index contributed by atoms with van der Waals surface area (Å²) in [7, 11) is 2.76. The molecule has 0 bridgehead atoms. The van der Waals surface area contributed by atoms with Crippen molar-refractivity contribution in [3.63, 3.8) is 0 Å². The summed E-state index contributed by atoms with van der Waals surface area (Å²) in [5.41, 5.74) is -0.768. The Bertz CT molecular complexity index is 261. The molecule has 0 saturated heterocycles. The Morgan fingerprint density at radius 2 is 1.69 bits per heavy atom. The van der Waals surface area contributed by atoms with Gasteiger partial charge in [0.05, 0.1) is 12.7 Å². The second-order valence-corrected chi connectivity index (χ2v) is 4.43. The maximum Gasteiger partial charge on any atom is 0.407 e. The summed E-state index contributed by atoms with van der Waals surface area (Å²) in [5.74, 6) is -0.270. The third kappa shape index (κ3) is 3.81. The molecule has 1 amide bonds. The zero-order chi connectivity index (χ0) is 12.9. The van der Waals surface area contributed by atoms with Gasteiger partial charge in [0, 0.05) is 13.0 Å². The number of hydrogen-bond donors (Lipinski definition) is 1. The summed E-state index contributed by atoms with van der Waals surface area (Å²) in [6, 6.07) is -0.718. The van der Waals surface area contributed by atoms with Crippen molar-refractivity contribution in [3.8, 4) is 0 Å². The van der Waals surface area contributed by atoms with E-state index in [0.717, 1.165) is 0 Å². The van der Waals surface area contributed by atoms with E-state index >= 15 is 0 Å². The molecule has 0 spiro atoms. The van der Waals surface area contributed by atoms with Gasteiger partial charge in [0.1, 0.15) is 6.04 Å². The normalized spacial score (nSPS) is 13.4. The van der Waals surface area contributed by atoms with Crippen LogP contribution < -0.4 is 5.32 Å². The number of nitrogens with one attached hydrogen (secondary N) is 1. The van der Waals surface area contributed by atoms with Gasteiger partial charge in [-0.15, -0.1) is 0 Å². The van der Waals surface area contributed by atoms with Gasteiger partial charge in [-0.05, 0) is 13.8 Å². The number of amides is 1. The highest BCUT2D eigenvalue weighted by Crippen LogP contribution is 2.17. The molecule has 0 aromatic rings. The number of carbonyl (C=O) groups excluding carboxylic acids is 2. The highest BCUT2D eigenvalue weighted by molar-refractivity contribution is 5.89. The summed E-state index contributed by atoms with van der Waals surface area (Å²) in [5, 5.41) is 2.50. The first kappa shape index (κ1) is 14.9. The summed E-state index contributed by atoms with van der Waals surface area (Å²) in [6.45, 7) is 7.04. The van der Waals surface area contributed by atoms with Gasteiger partial charge in [-0.1, -0.05) is 13.8 Å². The average Bonchev–Trinajstić information content (AvgIpc) is 2.24. The number of ether oxygens (including phenoxy) is 2. The molecule has 0 aliphatic rings. The van der Waals surface area contributed by atoms with E-state index in [4.69, 9.17) is 4.74 Å². The van der Waals surface area contributed by atoms with Gasteiger partial charge < -0.3 is 14.8 Å². The van der Waals surface area contributed by atoms with Crippen LogP contribution in [0.15, 0.2) is 0 Å². The fraction of sp³-hybridized carbons (Fsp3) is 0.818. The minimum Gasteiger partial charge on any atom is -0.453 e. The van der Waals surface area contributed by atoms with Crippen LogP contribution in [0.5, 0.6) is 0 Å². The highest BCUT2D eigenvalue weighted by Gasteiger charge is 2.37. The molecule has 5 heteroatoms. The van der Waals surface area contributed by atoms with Crippen molar-refractivity contribution < 1.29 is 19.1 Å². The molecule has 0 saturated carbocycles. The summed E-state index contributed by atoms with van der Waals surface area (Å²) in [6.07, 6.45) is -0.635. The van der Waals surface area contributed by atoms with Crippen LogP contribution in [0, 0.1) is 5.92 Å². The van der Waals surface area contributed by atoms with E-state index in [0.29, 0.717) is 0 Å².